The van der Waals surface area contributed by atoms with Crippen LogP contribution >= 0.6 is 11.6 Å². The van der Waals surface area contributed by atoms with Crippen LogP contribution < -0.4 is 15.0 Å². The van der Waals surface area contributed by atoms with E-state index >= 15 is 0 Å². The summed E-state index contributed by atoms with van der Waals surface area (Å²) in [7, 11) is 3.84. The van der Waals surface area contributed by atoms with Crippen molar-refractivity contribution in [3.8, 4) is 11.5 Å². The molecule has 3 amide bonds. The van der Waals surface area contributed by atoms with Gasteiger partial charge in [-0.25, -0.2) is 9.78 Å². The number of nitrogens with one attached hydrogen (secondary N) is 1. The molecule has 0 bridgehead atoms. The Balaban J connectivity index is 1.31. The van der Waals surface area contributed by atoms with Gasteiger partial charge in [0.05, 0.1) is 31.2 Å². The summed E-state index contributed by atoms with van der Waals surface area (Å²) >= 11 is 6.55. The van der Waals surface area contributed by atoms with E-state index < -0.39 is 6.09 Å². The van der Waals surface area contributed by atoms with Gasteiger partial charge in [0.15, 0.2) is 0 Å². The lowest BCUT2D eigenvalue weighted by Crippen LogP contribution is -2.40. The molecule has 0 aliphatic carbocycles. The molecule has 0 saturated carbocycles. The van der Waals surface area contributed by atoms with Crippen molar-refractivity contribution < 1.29 is 34.1 Å². The predicted octanol–water partition coefficient (Wildman–Crippen LogP) is 5.11. The number of carbonyl (C=O) groups is 3. The number of hydrogen-bond donors (Lipinski definition) is 3. The molecule has 0 radical (unpaired) electrons. The van der Waals surface area contributed by atoms with Crippen molar-refractivity contribution >= 4 is 57.3 Å². The van der Waals surface area contributed by atoms with Crippen molar-refractivity contribution in [2.75, 3.05) is 76.2 Å². The minimum absolute atomic E-state index is 0.0613. The van der Waals surface area contributed by atoms with E-state index in [-0.39, 0.29) is 61.4 Å². The Hall–Kier alpha value is -5.21. The number of fused-ring (bicyclic) bond motifs is 4. The number of aliphatic hydroxyl groups excluding tert-OH is 1. The molecular weight excluding hydrogens is 688 g/mol. The van der Waals surface area contributed by atoms with E-state index in [1.165, 1.54) is 24.3 Å². The number of ether oxygens (including phenoxy) is 2. The number of hydrogen-bond acceptors (Lipinski definition) is 9. The minimum atomic E-state index is -0.560. The second-order valence-electron chi connectivity index (χ2n) is 12.9. The lowest BCUT2D eigenvalue weighted by atomic mass is 9.92. The van der Waals surface area contributed by atoms with Crippen LogP contribution in [-0.4, -0.2) is 113 Å². The standard InChI is InChI=1S/C38H41ClN6O7/c1-24-5-4-6-29-32(52-38(50)43(14-13-42(2)3)15-17-51-18-16-46)19-31-35(34(24)29)26(20-39)21-45(31)37(49)30-23-44-22-27(9-12-33(44)41-30)40-36(48)25-7-10-28(47)11-8-25/h4-12,19,22-23,26,46-47H,13-18,20-21H2,1-3H3,(H,40,48)/t26-/m1/s1. The number of rotatable bonds is 13. The zero-order valence-corrected chi connectivity index (χ0v) is 30.0. The number of aryl methyl sites for hydroxylation is 1. The number of anilines is 2. The number of carbonyl (C=O) groups excluding carboxylic acids is 3. The number of alkyl halides is 1. The predicted molar refractivity (Wildman–Crippen MR) is 199 cm³/mol. The van der Waals surface area contributed by atoms with E-state index in [4.69, 9.17) is 26.2 Å². The van der Waals surface area contributed by atoms with Gasteiger partial charge in [0, 0.05) is 67.4 Å². The second kappa shape index (κ2) is 16.0. The fraction of sp³-hybridized carbons (Fsp3) is 0.316. The van der Waals surface area contributed by atoms with Crippen molar-refractivity contribution in [1.82, 2.24) is 19.2 Å². The fourth-order valence-electron chi connectivity index (χ4n) is 6.33. The van der Waals surface area contributed by atoms with Crippen LogP contribution in [0.4, 0.5) is 16.2 Å². The minimum Gasteiger partial charge on any atom is -0.508 e. The molecular formula is C38H41ClN6O7. The molecule has 13 nitrogen and oxygen atoms in total. The number of halogens is 1. The maximum Gasteiger partial charge on any atom is 0.415 e. The van der Waals surface area contributed by atoms with Crippen LogP contribution in [0, 0.1) is 6.92 Å². The van der Waals surface area contributed by atoms with Crippen LogP contribution in [0.5, 0.6) is 11.5 Å². The molecule has 0 unspecified atom stereocenters. The number of benzene rings is 3. The maximum absolute atomic E-state index is 14.3. The largest absolute Gasteiger partial charge is 0.508 e. The van der Waals surface area contributed by atoms with Crippen molar-refractivity contribution in [2.45, 2.75) is 12.8 Å². The first kappa shape index (κ1) is 36.6. The molecule has 0 saturated heterocycles. The molecule has 3 heterocycles. The number of likely N-dealkylation sites (N-methyl/N-ethyl adjacent to an activating group) is 1. The number of phenols is 1. The molecule has 1 aliphatic rings. The first-order valence-corrected chi connectivity index (χ1v) is 17.4. The molecule has 1 aliphatic heterocycles. The van der Waals surface area contributed by atoms with E-state index in [1.54, 1.807) is 44.8 Å². The fourth-order valence-corrected chi connectivity index (χ4v) is 6.58. The molecule has 2 aromatic heterocycles. The highest BCUT2D eigenvalue weighted by atomic mass is 35.5. The van der Waals surface area contributed by atoms with Crippen LogP contribution in [0.2, 0.25) is 0 Å². The summed E-state index contributed by atoms with van der Waals surface area (Å²) in [5, 5.41) is 23.1. The second-order valence-corrected chi connectivity index (χ2v) is 13.2. The molecule has 3 N–H and O–H groups in total. The van der Waals surface area contributed by atoms with Crippen molar-refractivity contribution in [2.24, 2.45) is 0 Å². The van der Waals surface area contributed by atoms with Crippen molar-refractivity contribution in [3.05, 3.63) is 95.4 Å². The monoisotopic (exact) mass is 728 g/mol. The van der Waals surface area contributed by atoms with Crippen LogP contribution in [0.1, 0.15) is 37.9 Å². The summed E-state index contributed by atoms with van der Waals surface area (Å²) in [6.45, 7) is 3.83. The Morgan fingerprint density at radius 2 is 1.81 bits per heavy atom. The lowest BCUT2D eigenvalue weighted by molar-refractivity contribution is 0.0715. The van der Waals surface area contributed by atoms with Crippen LogP contribution in [-0.2, 0) is 4.74 Å². The van der Waals surface area contributed by atoms with Crippen LogP contribution in [0.3, 0.4) is 0 Å². The third-order valence-corrected chi connectivity index (χ3v) is 9.33. The van der Waals surface area contributed by atoms with E-state index in [1.807, 2.05) is 44.1 Å². The third kappa shape index (κ3) is 7.82. The number of imidazole rings is 1. The van der Waals surface area contributed by atoms with Gasteiger partial charge >= 0.3 is 6.09 Å². The average molecular weight is 729 g/mol. The SMILES string of the molecule is Cc1cccc2c(OC(=O)N(CCOCCO)CCN(C)C)cc3c(c12)[C@H](CCl)CN3C(=O)c1cn2cc(NC(=O)c3ccc(O)cc3)ccc2n1. The van der Waals surface area contributed by atoms with E-state index in [2.05, 4.69) is 10.3 Å². The number of phenolic OH excluding ortho intramolecular Hbond substituents is 1. The number of aliphatic hydroxyl groups is 1. The number of amides is 3. The normalized spacial score (nSPS) is 13.9. The quantitative estimate of drug-likeness (QED) is 0.111. The Morgan fingerprint density at radius 3 is 2.54 bits per heavy atom. The highest BCUT2D eigenvalue weighted by Gasteiger charge is 2.37. The zero-order chi connectivity index (χ0) is 36.9. The van der Waals surface area contributed by atoms with Gasteiger partial charge in [0.2, 0.25) is 0 Å². The van der Waals surface area contributed by atoms with Gasteiger partial charge in [-0.3, -0.25) is 9.59 Å². The van der Waals surface area contributed by atoms with Gasteiger partial charge in [-0.05, 0) is 73.9 Å². The van der Waals surface area contributed by atoms with Gasteiger partial charge in [-0.1, -0.05) is 18.2 Å². The maximum atomic E-state index is 14.3. The number of pyridine rings is 1. The summed E-state index contributed by atoms with van der Waals surface area (Å²) in [6.07, 6.45) is 2.72. The van der Waals surface area contributed by atoms with Gasteiger partial charge < -0.3 is 44.1 Å². The molecule has 272 valence electrons. The van der Waals surface area contributed by atoms with Crippen LogP contribution in [0.25, 0.3) is 16.4 Å². The summed E-state index contributed by atoms with van der Waals surface area (Å²) in [5.41, 5.74) is 4.00. The van der Waals surface area contributed by atoms with E-state index in [0.717, 1.165) is 21.9 Å². The average Bonchev–Trinajstić information content (AvgIpc) is 3.72. The zero-order valence-electron chi connectivity index (χ0n) is 29.2. The highest BCUT2D eigenvalue weighted by molar-refractivity contribution is 6.19. The Labute approximate surface area is 305 Å². The molecule has 3 aromatic carbocycles. The molecule has 1 atom stereocenters. The topological polar surface area (TPSA) is 149 Å². The summed E-state index contributed by atoms with van der Waals surface area (Å²) in [6, 6.07) is 16.8. The smallest absolute Gasteiger partial charge is 0.415 e. The summed E-state index contributed by atoms with van der Waals surface area (Å²) in [5.74, 6) is -0.261. The first-order valence-electron chi connectivity index (χ1n) is 16.9. The van der Waals surface area contributed by atoms with Crippen LogP contribution in [0.15, 0.2) is 73.1 Å². The molecule has 0 spiro atoms. The molecule has 5 aromatic rings. The van der Waals surface area contributed by atoms with Gasteiger partial charge in [0.1, 0.15) is 22.8 Å². The molecule has 0 fully saturated rings. The van der Waals surface area contributed by atoms with Gasteiger partial charge in [0.25, 0.3) is 11.8 Å². The number of nitrogens with zero attached hydrogens (tertiary/aromatic N) is 5. The van der Waals surface area contributed by atoms with Gasteiger partial charge in [-0.15, -0.1) is 11.6 Å². The van der Waals surface area contributed by atoms with E-state index in [9.17, 15) is 19.5 Å². The summed E-state index contributed by atoms with van der Waals surface area (Å²) in [4.78, 5) is 50.5. The van der Waals surface area contributed by atoms with Crippen molar-refractivity contribution in [3.63, 3.8) is 0 Å². The van der Waals surface area contributed by atoms with Crippen molar-refractivity contribution in [1.29, 1.82) is 0 Å². The Morgan fingerprint density at radius 1 is 1.02 bits per heavy atom. The number of aromatic hydroxyl groups is 1. The molecule has 6 rings (SSSR count). The molecule has 52 heavy (non-hydrogen) atoms. The first-order chi connectivity index (χ1) is 25.1. The van der Waals surface area contributed by atoms with Gasteiger partial charge in [-0.2, -0.15) is 0 Å². The van der Waals surface area contributed by atoms with E-state index in [0.29, 0.717) is 48.0 Å². The highest BCUT2D eigenvalue weighted by Crippen LogP contribution is 2.47. The lowest BCUT2D eigenvalue weighted by Gasteiger charge is -2.25. The Kier molecular flexibility index (Phi) is 11.2. The molecule has 14 heteroatoms. The third-order valence-electron chi connectivity index (χ3n) is 8.96. The number of aromatic nitrogens is 2. The Bertz CT molecular complexity index is 2100. The summed E-state index contributed by atoms with van der Waals surface area (Å²) < 4.78 is 13.2.